The van der Waals surface area contributed by atoms with Gasteiger partial charge >= 0.3 is 5.97 Å². The molecule has 0 aliphatic heterocycles. The van der Waals surface area contributed by atoms with Gasteiger partial charge in [0.05, 0.1) is 11.7 Å². The maximum atomic E-state index is 12.3. The Morgan fingerprint density at radius 2 is 1.76 bits per heavy atom. The van der Waals surface area contributed by atoms with Gasteiger partial charge in [-0.25, -0.2) is 9.78 Å². The number of hydrogen-bond acceptors (Lipinski definition) is 5. The number of nitrogens with zero attached hydrogens (tertiary/aromatic N) is 2. The Morgan fingerprint density at radius 1 is 1.08 bits per heavy atom. The van der Waals surface area contributed by atoms with Gasteiger partial charge in [-0.2, -0.15) is 0 Å². The van der Waals surface area contributed by atoms with Crippen LogP contribution in [0.2, 0.25) is 0 Å². The molecule has 1 amide bonds. The van der Waals surface area contributed by atoms with Crippen LogP contribution in [-0.2, 0) is 0 Å². The van der Waals surface area contributed by atoms with Gasteiger partial charge < -0.3 is 14.4 Å². The molecule has 0 aliphatic rings. The Kier molecular flexibility index (Phi) is 5.75. The fraction of sp³-hybridized carbons (Fsp3) is 0.316. The number of amides is 1. The molecule has 0 radical (unpaired) electrons. The van der Waals surface area contributed by atoms with Crippen LogP contribution in [0.15, 0.2) is 36.5 Å². The van der Waals surface area contributed by atoms with Gasteiger partial charge in [0, 0.05) is 31.9 Å². The molecule has 0 aliphatic carbocycles. The second kappa shape index (κ2) is 7.79. The lowest BCUT2D eigenvalue weighted by Crippen LogP contribution is -2.21. The fourth-order valence-electron chi connectivity index (χ4n) is 2.07. The number of benzene rings is 1. The lowest BCUT2D eigenvalue weighted by molar-refractivity contribution is 0.0729. The molecule has 6 nitrogen and oxygen atoms in total. The van der Waals surface area contributed by atoms with E-state index < -0.39 is 5.97 Å². The highest BCUT2D eigenvalue weighted by atomic mass is 16.5. The molecule has 0 bridgehead atoms. The Balaban J connectivity index is 2.17. The summed E-state index contributed by atoms with van der Waals surface area (Å²) in [5, 5.41) is 0. The molecule has 0 saturated carbocycles. The first kappa shape index (κ1) is 18.4. The Bertz CT molecular complexity index is 767. The average Bonchev–Trinajstić information content (AvgIpc) is 2.56. The van der Waals surface area contributed by atoms with Crippen LogP contribution < -0.4 is 9.47 Å². The molecular formula is C19H22N2O4. The predicted molar refractivity (Wildman–Crippen MR) is 94.2 cm³/mol. The van der Waals surface area contributed by atoms with Crippen LogP contribution in [0.1, 0.15) is 40.1 Å². The van der Waals surface area contributed by atoms with Crippen molar-refractivity contribution in [3.05, 3.63) is 53.2 Å². The summed E-state index contributed by atoms with van der Waals surface area (Å²) in [6.45, 7) is 5.60. The number of ether oxygens (including phenoxy) is 2. The molecule has 2 rings (SSSR count). The first-order valence-corrected chi connectivity index (χ1v) is 7.95. The predicted octanol–water partition coefficient (Wildman–Crippen LogP) is 3.10. The summed E-state index contributed by atoms with van der Waals surface area (Å²) in [4.78, 5) is 29.9. The molecule has 6 heteroatoms. The lowest BCUT2D eigenvalue weighted by Gasteiger charge is -2.13. The van der Waals surface area contributed by atoms with Crippen LogP contribution in [0.25, 0.3) is 0 Å². The van der Waals surface area contributed by atoms with Crippen LogP contribution in [0.4, 0.5) is 0 Å². The van der Waals surface area contributed by atoms with Gasteiger partial charge in [-0.3, -0.25) is 4.79 Å². The van der Waals surface area contributed by atoms with Crippen molar-refractivity contribution in [1.29, 1.82) is 0 Å². The molecule has 1 heterocycles. The zero-order valence-corrected chi connectivity index (χ0v) is 15.1. The molecule has 2 aromatic rings. The third-order valence-corrected chi connectivity index (χ3v) is 3.37. The van der Waals surface area contributed by atoms with Crippen LogP contribution >= 0.6 is 0 Å². The lowest BCUT2D eigenvalue weighted by atomic mass is 10.1. The van der Waals surface area contributed by atoms with E-state index in [1.165, 1.54) is 11.1 Å². The average molecular weight is 342 g/mol. The summed E-state index contributed by atoms with van der Waals surface area (Å²) < 4.78 is 10.9. The molecule has 0 fully saturated rings. The number of hydrogen-bond donors (Lipinski definition) is 0. The second-order valence-electron chi connectivity index (χ2n) is 6.12. The largest absolute Gasteiger partial charge is 0.475 e. The zero-order valence-electron chi connectivity index (χ0n) is 15.1. The fourth-order valence-corrected chi connectivity index (χ4v) is 2.07. The molecule has 25 heavy (non-hydrogen) atoms. The topological polar surface area (TPSA) is 68.7 Å². The molecular weight excluding hydrogens is 320 g/mol. The quantitative estimate of drug-likeness (QED) is 0.617. The van der Waals surface area contributed by atoms with E-state index in [2.05, 4.69) is 4.98 Å². The monoisotopic (exact) mass is 342 g/mol. The van der Waals surface area contributed by atoms with Gasteiger partial charge in [0.2, 0.25) is 5.88 Å². The van der Waals surface area contributed by atoms with Crippen LogP contribution in [0.5, 0.6) is 11.6 Å². The van der Waals surface area contributed by atoms with Crippen molar-refractivity contribution in [3.63, 3.8) is 0 Å². The van der Waals surface area contributed by atoms with E-state index in [9.17, 15) is 9.59 Å². The first-order valence-electron chi connectivity index (χ1n) is 7.95. The molecule has 0 saturated heterocycles. The van der Waals surface area contributed by atoms with E-state index in [-0.39, 0.29) is 12.0 Å². The van der Waals surface area contributed by atoms with Crippen molar-refractivity contribution in [1.82, 2.24) is 9.88 Å². The van der Waals surface area contributed by atoms with Crippen LogP contribution in [0.3, 0.4) is 0 Å². The number of carbonyl (C=O) groups excluding carboxylic acids is 2. The third-order valence-electron chi connectivity index (χ3n) is 3.37. The van der Waals surface area contributed by atoms with Gasteiger partial charge in [-0.15, -0.1) is 0 Å². The third kappa shape index (κ3) is 4.79. The maximum Gasteiger partial charge on any atom is 0.345 e. The van der Waals surface area contributed by atoms with Gasteiger partial charge in [0.1, 0.15) is 5.75 Å². The van der Waals surface area contributed by atoms with E-state index in [1.54, 1.807) is 44.4 Å². The minimum atomic E-state index is -0.541. The summed E-state index contributed by atoms with van der Waals surface area (Å²) in [5.41, 5.74) is 1.52. The smallest absolute Gasteiger partial charge is 0.345 e. The molecule has 0 atom stereocenters. The van der Waals surface area contributed by atoms with Crippen LogP contribution in [-0.4, -0.2) is 42.0 Å². The van der Waals surface area contributed by atoms with Crippen molar-refractivity contribution in [2.75, 3.05) is 14.1 Å². The highest BCUT2D eigenvalue weighted by molar-refractivity contribution is 5.95. The summed E-state index contributed by atoms with van der Waals surface area (Å²) in [6, 6.07) is 8.23. The highest BCUT2D eigenvalue weighted by Gasteiger charge is 2.15. The number of carbonyl (C=O) groups is 2. The Morgan fingerprint density at radius 3 is 2.32 bits per heavy atom. The van der Waals surface area contributed by atoms with Gasteiger partial charge in [-0.05, 0) is 44.5 Å². The molecule has 132 valence electrons. The van der Waals surface area contributed by atoms with Crippen molar-refractivity contribution in [2.24, 2.45) is 0 Å². The van der Waals surface area contributed by atoms with E-state index in [1.807, 2.05) is 20.8 Å². The van der Waals surface area contributed by atoms with E-state index >= 15 is 0 Å². The van der Waals surface area contributed by atoms with Gasteiger partial charge in [-0.1, -0.05) is 6.07 Å². The zero-order chi connectivity index (χ0) is 18.6. The summed E-state index contributed by atoms with van der Waals surface area (Å²) >= 11 is 0. The molecule has 0 unspecified atom stereocenters. The Labute approximate surface area is 147 Å². The van der Waals surface area contributed by atoms with Crippen molar-refractivity contribution < 1.29 is 19.1 Å². The first-order chi connectivity index (χ1) is 11.8. The summed E-state index contributed by atoms with van der Waals surface area (Å²) in [6.07, 6.45) is 1.41. The van der Waals surface area contributed by atoms with Crippen LogP contribution in [0, 0.1) is 6.92 Å². The number of esters is 1. The minimum absolute atomic E-state index is 0.00456. The van der Waals surface area contributed by atoms with E-state index in [0.29, 0.717) is 22.8 Å². The number of pyridine rings is 1. The molecule has 0 N–H and O–H groups in total. The molecule has 1 aromatic carbocycles. The summed E-state index contributed by atoms with van der Waals surface area (Å²) in [7, 11) is 3.33. The highest BCUT2D eigenvalue weighted by Crippen LogP contribution is 2.22. The van der Waals surface area contributed by atoms with E-state index in [0.717, 1.165) is 5.56 Å². The molecule has 1 aromatic heterocycles. The van der Waals surface area contributed by atoms with Crippen molar-refractivity contribution >= 4 is 11.9 Å². The van der Waals surface area contributed by atoms with E-state index in [4.69, 9.17) is 9.47 Å². The maximum absolute atomic E-state index is 12.3. The number of aromatic nitrogens is 1. The second-order valence-corrected chi connectivity index (χ2v) is 6.12. The van der Waals surface area contributed by atoms with Gasteiger partial charge in [0.25, 0.3) is 5.91 Å². The van der Waals surface area contributed by atoms with Crippen molar-refractivity contribution in [2.45, 2.75) is 26.9 Å². The number of aryl methyl sites for hydroxylation is 1. The number of rotatable bonds is 5. The SMILES string of the molecule is Cc1ccc(C(=O)N(C)C)cc1OC(=O)c1ccc(OC(C)C)nc1. The molecule has 0 spiro atoms. The normalized spacial score (nSPS) is 10.5. The standard InChI is InChI=1S/C19H22N2O4/c1-12(2)24-17-9-8-15(11-20-17)19(23)25-16-10-14(7-6-13(16)3)18(22)21(4)5/h6-12H,1-5H3. The summed E-state index contributed by atoms with van der Waals surface area (Å²) in [5.74, 6) is 0.0943. The minimum Gasteiger partial charge on any atom is -0.475 e. The van der Waals surface area contributed by atoms with Crippen molar-refractivity contribution in [3.8, 4) is 11.6 Å². The Hall–Kier alpha value is -2.89. The van der Waals surface area contributed by atoms with Gasteiger partial charge in [0.15, 0.2) is 0 Å².